The molecule has 0 fully saturated rings. The molecule has 0 aliphatic rings. The van der Waals surface area contributed by atoms with Gasteiger partial charge < -0.3 is 40.9 Å². The van der Waals surface area contributed by atoms with E-state index in [-0.39, 0.29) is 79.1 Å². The number of nitrogens with one attached hydrogen (secondary N) is 2. The Hall–Kier alpha value is -0.836. The van der Waals surface area contributed by atoms with Gasteiger partial charge in [-0.2, -0.15) is 0 Å². The number of hydrogen-bond acceptors (Lipinski definition) is 8. The molecule has 1 aromatic rings. The van der Waals surface area contributed by atoms with Crippen LogP contribution >= 0.6 is 0 Å². The van der Waals surface area contributed by atoms with Crippen molar-refractivity contribution in [3.63, 3.8) is 0 Å². The van der Waals surface area contributed by atoms with Gasteiger partial charge in [0.2, 0.25) is 0 Å². The summed E-state index contributed by atoms with van der Waals surface area (Å²) < 4.78 is 4.64. The van der Waals surface area contributed by atoms with Crippen LogP contribution in [0.25, 0.3) is 0 Å². The van der Waals surface area contributed by atoms with Gasteiger partial charge in [-0.1, -0.05) is 63.5 Å². The molecular formula is C28H70N4O5Y. The first kappa shape index (κ1) is 65.9. The molecule has 235 valence electrons. The molecule has 0 saturated carbocycles. The molecule has 0 amide bonds. The summed E-state index contributed by atoms with van der Waals surface area (Å²) in [6, 6.07) is 0. The standard InChI is InChI=1S/C5H12O2.C4H6N2.2C4H10O.C3H8N2.C3H6O.C2H6.3CH4.Y/c1-3-5(6)4-7-2;1-4-2-5-3-6-4;2*1-3-4(2)5;1-3(4)5-2;1-3(2)4;1-2;;;;/h5-6H,3-4H2,1-2H3;2-3H,1H3,(H,5,6);2*4-5H,3H2,1-2H3;5H,1,4H2,2H3;1-2H3;1-2H3;3*1H4;. The Morgan fingerprint density at radius 2 is 1.34 bits per heavy atom. The molecule has 0 aliphatic carbocycles. The first-order valence-electron chi connectivity index (χ1n) is 11.8. The van der Waals surface area contributed by atoms with E-state index in [0.29, 0.717) is 12.4 Å². The molecule has 38 heavy (non-hydrogen) atoms. The molecule has 1 aromatic heterocycles. The van der Waals surface area contributed by atoms with E-state index in [2.05, 4.69) is 26.6 Å². The number of aromatic nitrogens is 2. The summed E-state index contributed by atoms with van der Waals surface area (Å²) in [6.07, 6.45) is 5.43. The second kappa shape index (κ2) is 60.6. The van der Waals surface area contributed by atoms with Crippen molar-refractivity contribution in [2.75, 3.05) is 20.8 Å². The van der Waals surface area contributed by atoms with E-state index in [4.69, 9.17) is 21.1 Å². The molecule has 1 radical (unpaired) electrons. The quantitative estimate of drug-likeness (QED) is 0.229. The van der Waals surface area contributed by atoms with Crippen LogP contribution < -0.4 is 11.1 Å². The maximum absolute atomic E-state index is 9.44. The van der Waals surface area contributed by atoms with Crippen LogP contribution in [-0.2, 0) is 42.2 Å². The van der Waals surface area contributed by atoms with Gasteiger partial charge in [0, 0.05) is 58.8 Å². The van der Waals surface area contributed by atoms with Gasteiger partial charge in [-0.25, -0.2) is 4.98 Å². The number of aliphatic hydroxyl groups excluding tert-OH is 3. The largest absolute Gasteiger partial charge is 0.393 e. The molecule has 7 N–H and O–H groups in total. The van der Waals surface area contributed by atoms with E-state index < -0.39 is 0 Å². The Morgan fingerprint density at radius 1 is 1.05 bits per heavy atom. The van der Waals surface area contributed by atoms with Crippen LogP contribution in [0.15, 0.2) is 24.9 Å². The van der Waals surface area contributed by atoms with Gasteiger partial charge in [0.15, 0.2) is 0 Å². The van der Waals surface area contributed by atoms with Crippen LogP contribution in [0.4, 0.5) is 0 Å². The van der Waals surface area contributed by atoms with Crippen molar-refractivity contribution >= 4 is 5.78 Å². The van der Waals surface area contributed by atoms with Crippen LogP contribution in [0.2, 0.25) is 0 Å². The summed E-state index contributed by atoms with van der Waals surface area (Å²) in [7, 11) is 3.31. The molecule has 9 nitrogen and oxygen atoms in total. The topological polar surface area (TPSA) is 154 Å². The molecule has 0 aliphatic heterocycles. The number of aliphatic hydroxyl groups is 3. The summed E-state index contributed by atoms with van der Waals surface area (Å²) in [5, 5.41) is 28.1. The minimum Gasteiger partial charge on any atom is -0.393 e. The molecule has 0 saturated heterocycles. The molecule has 3 atom stereocenters. The van der Waals surface area contributed by atoms with Crippen molar-refractivity contribution in [3.05, 3.63) is 30.6 Å². The van der Waals surface area contributed by atoms with E-state index in [0.717, 1.165) is 25.0 Å². The number of ether oxygens (including phenoxy) is 1. The number of ketones is 1. The van der Waals surface area contributed by atoms with Gasteiger partial charge in [-0.15, -0.1) is 0 Å². The minimum absolute atomic E-state index is 0. The first-order chi connectivity index (χ1) is 15.7. The number of carbonyl (C=O) groups excluding carboxylic acids is 1. The molecule has 1 rings (SSSR count). The number of Topliss-reactive ketones (excluding diaryl/α,β-unsaturated/α-hetero) is 1. The van der Waals surface area contributed by atoms with Crippen molar-refractivity contribution in [2.45, 2.75) is 129 Å². The van der Waals surface area contributed by atoms with Crippen molar-refractivity contribution in [1.29, 1.82) is 0 Å². The number of methoxy groups -OCH3 is 1. The fourth-order valence-corrected chi connectivity index (χ4v) is 0.636. The van der Waals surface area contributed by atoms with Gasteiger partial charge in [-0.05, 0) is 53.9 Å². The van der Waals surface area contributed by atoms with Crippen LogP contribution in [0.5, 0.6) is 0 Å². The van der Waals surface area contributed by atoms with Crippen LogP contribution in [-0.4, -0.2) is 70.1 Å². The number of aryl methyl sites for hydroxylation is 1. The van der Waals surface area contributed by atoms with Crippen molar-refractivity contribution in [1.82, 2.24) is 15.3 Å². The monoisotopic (exact) mass is 631 g/mol. The second-order valence-electron chi connectivity index (χ2n) is 6.95. The third-order valence-electron chi connectivity index (χ3n) is 2.97. The Labute approximate surface area is 263 Å². The first-order valence-corrected chi connectivity index (χ1v) is 11.8. The Balaban J connectivity index is -0.0000000301. The van der Waals surface area contributed by atoms with E-state index in [1.807, 2.05) is 41.5 Å². The van der Waals surface area contributed by atoms with Crippen molar-refractivity contribution in [3.8, 4) is 0 Å². The Kier molecular flexibility index (Phi) is 105. The summed E-state index contributed by atoms with van der Waals surface area (Å²) in [4.78, 5) is 16.1. The number of H-pyrrole nitrogens is 1. The molecule has 0 bridgehead atoms. The van der Waals surface area contributed by atoms with E-state index in [1.54, 1.807) is 40.5 Å². The number of carbonyl (C=O) groups is 1. The Bertz CT molecular complexity index is 464. The summed E-state index contributed by atoms with van der Waals surface area (Å²) in [5.41, 5.74) is 6.09. The third kappa shape index (κ3) is 139. The number of imidazole rings is 1. The summed E-state index contributed by atoms with van der Waals surface area (Å²) in [6.45, 7) is 22.2. The predicted octanol–water partition coefficient (Wildman–Crippen LogP) is 5.84. The number of aromatic amines is 1. The Morgan fingerprint density at radius 3 is 1.39 bits per heavy atom. The number of nitrogens with zero attached hydrogens (tertiary/aromatic N) is 1. The number of nitrogens with two attached hydrogens (primary N) is 1. The second-order valence-corrected chi connectivity index (χ2v) is 6.95. The molecular weight excluding hydrogens is 561 g/mol. The maximum atomic E-state index is 9.44. The van der Waals surface area contributed by atoms with Crippen LogP contribution in [0, 0.1) is 6.92 Å². The van der Waals surface area contributed by atoms with Crippen molar-refractivity contribution < 1.29 is 57.6 Å². The van der Waals surface area contributed by atoms with Gasteiger partial charge in [0.1, 0.15) is 5.78 Å². The minimum atomic E-state index is -0.273. The number of rotatable bonds is 6. The van der Waals surface area contributed by atoms with Crippen molar-refractivity contribution in [2.24, 2.45) is 5.73 Å². The van der Waals surface area contributed by atoms with Gasteiger partial charge >= 0.3 is 0 Å². The molecule has 3 unspecified atom stereocenters. The fraction of sp³-hybridized carbons (Fsp3) is 0.786. The van der Waals surface area contributed by atoms with Gasteiger partial charge in [-0.3, -0.25) is 0 Å². The zero-order chi connectivity index (χ0) is 28.5. The zero-order valence-electron chi connectivity index (χ0n) is 24.7. The summed E-state index contributed by atoms with van der Waals surface area (Å²) in [5.74, 6) is 0.671. The molecule has 1 heterocycles. The zero-order valence-corrected chi connectivity index (χ0v) is 27.5. The SMILES string of the molecule is C.C.C.C=C(N)NC.CC.CC(C)=O.CCC(C)O.CCC(C)O.CCC(O)COC.Cc1cnc[nH]1.[Y]. The average molecular weight is 632 g/mol. The fourth-order valence-electron chi connectivity index (χ4n) is 0.636. The van der Waals surface area contributed by atoms with E-state index >= 15 is 0 Å². The summed E-state index contributed by atoms with van der Waals surface area (Å²) >= 11 is 0. The van der Waals surface area contributed by atoms with Crippen LogP contribution in [0.3, 0.4) is 0 Å². The maximum Gasteiger partial charge on any atom is 0.126 e. The third-order valence-corrected chi connectivity index (χ3v) is 2.97. The van der Waals surface area contributed by atoms with E-state index in [9.17, 15) is 4.79 Å². The molecule has 0 spiro atoms. The van der Waals surface area contributed by atoms with Gasteiger partial charge in [0.05, 0.1) is 37.1 Å². The van der Waals surface area contributed by atoms with E-state index in [1.165, 1.54) is 13.8 Å². The average Bonchev–Trinajstić information content (AvgIpc) is 3.27. The van der Waals surface area contributed by atoms with Crippen LogP contribution in [0.1, 0.15) is 110 Å². The molecule has 10 heteroatoms. The predicted molar refractivity (Wildman–Crippen MR) is 166 cm³/mol. The number of hydrogen-bond donors (Lipinski definition) is 6. The smallest absolute Gasteiger partial charge is 0.126 e. The van der Waals surface area contributed by atoms with Gasteiger partial charge in [0.25, 0.3) is 0 Å². The normalized spacial score (nSPS) is 9.66. The molecule has 0 aromatic carbocycles.